The predicted molar refractivity (Wildman–Crippen MR) is 105 cm³/mol. The number of esters is 1. The number of carbonyl (C=O) groups excluding carboxylic acids is 3. The summed E-state index contributed by atoms with van der Waals surface area (Å²) in [5.41, 5.74) is 0.982. The molecule has 7 nitrogen and oxygen atoms in total. The molecule has 0 fully saturated rings. The molecular formula is C21H25FN2O5. The van der Waals surface area contributed by atoms with Crippen molar-refractivity contribution < 1.29 is 28.6 Å². The van der Waals surface area contributed by atoms with Crippen LogP contribution in [0.3, 0.4) is 0 Å². The minimum absolute atomic E-state index is 0.00144. The number of aromatic amines is 1. The fraction of sp³-hybridized carbons (Fsp3) is 0.381. The number of hydrogen-bond donors (Lipinski definition) is 2. The van der Waals surface area contributed by atoms with Gasteiger partial charge in [0.15, 0.2) is 0 Å². The number of aromatic nitrogens is 1. The number of halogens is 1. The Morgan fingerprint density at radius 1 is 1.21 bits per heavy atom. The molecule has 0 aliphatic carbocycles. The number of ether oxygens (including phenoxy) is 1. The standard InChI is InChI=1S/C21H25FN2O5/c1-5-29-21(28)16-13(4)23-18(17(16)14-6-8-15(22)9-7-14)19(26)20(27)24(10-11-25)12(2)3/h6-9,12,23,25H,5,10-11H2,1-4H3. The van der Waals surface area contributed by atoms with Gasteiger partial charge < -0.3 is 19.7 Å². The van der Waals surface area contributed by atoms with E-state index < -0.39 is 23.5 Å². The summed E-state index contributed by atoms with van der Waals surface area (Å²) in [6, 6.07) is 4.95. The molecule has 2 rings (SSSR count). The zero-order valence-corrected chi connectivity index (χ0v) is 16.9. The second-order valence-electron chi connectivity index (χ2n) is 6.75. The molecule has 29 heavy (non-hydrogen) atoms. The van der Waals surface area contributed by atoms with E-state index in [1.807, 2.05) is 0 Å². The highest BCUT2D eigenvalue weighted by Gasteiger charge is 2.32. The van der Waals surface area contributed by atoms with Gasteiger partial charge in [0.2, 0.25) is 0 Å². The van der Waals surface area contributed by atoms with Gasteiger partial charge in [0.05, 0.1) is 18.8 Å². The molecule has 0 saturated heterocycles. The van der Waals surface area contributed by atoms with Gasteiger partial charge >= 0.3 is 5.97 Å². The number of nitrogens with one attached hydrogen (secondary N) is 1. The Hall–Kier alpha value is -3.00. The Bertz CT molecular complexity index is 903. The average molecular weight is 404 g/mol. The zero-order chi connectivity index (χ0) is 21.7. The van der Waals surface area contributed by atoms with Crippen molar-refractivity contribution in [2.24, 2.45) is 0 Å². The van der Waals surface area contributed by atoms with Crippen LogP contribution in [0.1, 0.15) is 47.3 Å². The maximum atomic E-state index is 13.4. The first-order valence-corrected chi connectivity index (χ1v) is 9.34. The zero-order valence-electron chi connectivity index (χ0n) is 16.9. The van der Waals surface area contributed by atoms with Crippen LogP contribution in [0.5, 0.6) is 0 Å². The predicted octanol–water partition coefficient (Wildman–Crippen LogP) is 2.72. The van der Waals surface area contributed by atoms with E-state index in [1.165, 1.54) is 29.2 Å². The van der Waals surface area contributed by atoms with Gasteiger partial charge in [-0.1, -0.05) is 12.1 Å². The molecule has 1 heterocycles. The Kier molecular flexibility index (Phi) is 7.28. The Balaban J connectivity index is 2.63. The molecule has 156 valence electrons. The van der Waals surface area contributed by atoms with Crippen LogP contribution in [0.25, 0.3) is 11.1 Å². The van der Waals surface area contributed by atoms with Gasteiger partial charge in [-0.3, -0.25) is 9.59 Å². The van der Waals surface area contributed by atoms with Gasteiger partial charge in [0.25, 0.3) is 11.7 Å². The Morgan fingerprint density at radius 2 is 1.83 bits per heavy atom. The van der Waals surface area contributed by atoms with E-state index in [9.17, 15) is 23.9 Å². The second-order valence-corrected chi connectivity index (χ2v) is 6.75. The van der Waals surface area contributed by atoms with Gasteiger partial charge in [0, 0.05) is 23.8 Å². The monoisotopic (exact) mass is 404 g/mol. The quantitative estimate of drug-likeness (QED) is 0.400. The largest absolute Gasteiger partial charge is 0.462 e. The number of aliphatic hydroxyl groups is 1. The smallest absolute Gasteiger partial charge is 0.340 e. The molecule has 0 atom stereocenters. The van der Waals surface area contributed by atoms with Crippen LogP contribution < -0.4 is 0 Å². The van der Waals surface area contributed by atoms with Gasteiger partial charge in [0.1, 0.15) is 11.5 Å². The number of aliphatic hydroxyl groups excluding tert-OH is 1. The van der Waals surface area contributed by atoms with Crippen LogP contribution in [0.2, 0.25) is 0 Å². The maximum absolute atomic E-state index is 13.4. The lowest BCUT2D eigenvalue weighted by Gasteiger charge is -2.25. The van der Waals surface area contributed by atoms with Crippen molar-refractivity contribution in [1.82, 2.24) is 9.88 Å². The number of carbonyl (C=O) groups is 3. The molecule has 1 aromatic carbocycles. The fourth-order valence-electron chi connectivity index (χ4n) is 3.10. The Labute approximate surface area is 168 Å². The molecule has 0 saturated carbocycles. The van der Waals surface area contributed by atoms with E-state index in [-0.39, 0.29) is 42.6 Å². The normalized spacial score (nSPS) is 10.9. The van der Waals surface area contributed by atoms with Crippen molar-refractivity contribution in [3.63, 3.8) is 0 Å². The summed E-state index contributed by atoms with van der Waals surface area (Å²) >= 11 is 0. The van der Waals surface area contributed by atoms with Crippen molar-refractivity contribution >= 4 is 17.7 Å². The first-order chi connectivity index (χ1) is 13.7. The van der Waals surface area contributed by atoms with Crippen LogP contribution in [-0.2, 0) is 9.53 Å². The summed E-state index contributed by atoms with van der Waals surface area (Å²) < 4.78 is 18.5. The number of hydrogen-bond acceptors (Lipinski definition) is 5. The van der Waals surface area contributed by atoms with E-state index in [2.05, 4.69) is 4.98 Å². The number of Topliss-reactive ketones (excluding diaryl/α,β-unsaturated/α-hetero) is 1. The molecule has 8 heteroatoms. The average Bonchev–Trinajstić information content (AvgIpc) is 3.02. The van der Waals surface area contributed by atoms with Gasteiger partial charge in [-0.05, 0) is 45.4 Å². The van der Waals surface area contributed by atoms with E-state index in [0.717, 1.165) is 0 Å². The van der Waals surface area contributed by atoms with Crippen molar-refractivity contribution in [2.45, 2.75) is 33.7 Å². The van der Waals surface area contributed by atoms with Crippen LogP contribution in [0, 0.1) is 12.7 Å². The summed E-state index contributed by atoms with van der Waals surface area (Å²) in [6.07, 6.45) is 0. The molecule has 0 spiro atoms. The summed E-state index contributed by atoms with van der Waals surface area (Å²) in [4.78, 5) is 42.4. The molecule has 0 unspecified atom stereocenters. The van der Waals surface area contributed by atoms with Crippen molar-refractivity contribution in [1.29, 1.82) is 0 Å². The Morgan fingerprint density at radius 3 is 2.34 bits per heavy atom. The molecule has 0 aliphatic heterocycles. The van der Waals surface area contributed by atoms with Gasteiger partial charge in [-0.25, -0.2) is 9.18 Å². The molecule has 2 N–H and O–H groups in total. The third-order valence-corrected chi connectivity index (χ3v) is 4.45. The molecule has 0 radical (unpaired) electrons. The SMILES string of the molecule is CCOC(=O)c1c(C)[nH]c(C(=O)C(=O)N(CCO)C(C)C)c1-c1ccc(F)cc1. The van der Waals surface area contributed by atoms with Gasteiger partial charge in [-0.2, -0.15) is 0 Å². The van der Waals surface area contributed by atoms with E-state index in [0.29, 0.717) is 11.3 Å². The summed E-state index contributed by atoms with van der Waals surface area (Å²) in [7, 11) is 0. The second kappa shape index (κ2) is 9.47. The third kappa shape index (κ3) is 4.71. The highest BCUT2D eigenvalue weighted by atomic mass is 19.1. The lowest BCUT2D eigenvalue weighted by molar-refractivity contribution is -0.128. The van der Waals surface area contributed by atoms with Crippen molar-refractivity contribution in [3.8, 4) is 11.1 Å². The lowest BCUT2D eigenvalue weighted by Crippen LogP contribution is -2.43. The van der Waals surface area contributed by atoms with Crippen molar-refractivity contribution in [2.75, 3.05) is 19.8 Å². The minimum atomic E-state index is -0.856. The summed E-state index contributed by atoms with van der Waals surface area (Å²) in [6.45, 7) is 6.54. The number of H-pyrrole nitrogens is 1. The number of rotatable bonds is 8. The first kappa shape index (κ1) is 22.3. The van der Waals surface area contributed by atoms with E-state index >= 15 is 0 Å². The summed E-state index contributed by atoms with van der Waals surface area (Å²) in [5, 5.41) is 9.22. The number of amides is 1. The maximum Gasteiger partial charge on any atom is 0.340 e. The van der Waals surface area contributed by atoms with Crippen molar-refractivity contribution in [3.05, 3.63) is 47.0 Å². The number of aryl methyl sites for hydroxylation is 1. The number of ketones is 1. The molecular weight excluding hydrogens is 379 g/mol. The molecule has 0 bridgehead atoms. The molecule has 1 aromatic heterocycles. The van der Waals surface area contributed by atoms with E-state index in [4.69, 9.17) is 4.74 Å². The van der Waals surface area contributed by atoms with E-state index in [1.54, 1.807) is 27.7 Å². The topological polar surface area (TPSA) is 99.7 Å². The lowest BCUT2D eigenvalue weighted by atomic mass is 9.98. The van der Waals surface area contributed by atoms with Crippen LogP contribution in [0.15, 0.2) is 24.3 Å². The highest BCUT2D eigenvalue weighted by Crippen LogP contribution is 2.32. The molecule has 0 aliphatic rings. The van der Waals surface area contributed by atoms with Gasteiger partial charge in [-0.15, -0.1) is 0 Å². The first-order valence-electron chi connectivity index (χ1n) is 9.34. The molecule has 2 aromatic rings. The number of nitrogens with zero attached hydrogens (tertiary/aromatic N) is 1. The fourth-order valence-corrected chi connectivity index (χ4v) is 3.10. The summed E-state index contributed by atoms with van der Waals surface area (Å²) in [5.74, 6) is -2.79. The van der Waals surface area contributed by atoms with Crippen LogP contribution in [-0.4, -0.2) is 58.5 Å². The third-order valence-electron chi connectivity index (χ3n) is 4.45. The highest BCUT2D eigenvalue weighted by molar-refractivity contribution is 6.43. The molecule has 1 amide bonds. The minimum Gasteiger partial charge on any atom is -0.462 e. The number of benzene rings is 1. The van der Waals surface area contributed by atoms with Crippen LogP contribution >= 0.6 is 0 Å². The van der Waals surface area contributed by atoms with Crippen LogP contribution in [0.4, 0.5) is 4.39 Å².